The molecule has 0 aromatic heterocycles. The molecule has 0 fully saturated rings. The van der Waals surface area contributed by atoms with Gasteiger partial charge in [0, 0.05) is 48.5 Å². The van der Waals surface area contributed by atoms with E-state index in [0.29, 0.717) is 27.5 Å². The van der Waals surface area contributed by atoms with Crippen LogP contribution < -0.4 is 0 Å². The fourth-order valence-corrected chi connectivity index (χ4v) is 4.96. The van der Waals surface area contributed by atoms with Crippen molar-refractivity contribution >= 4 is 61.0 Å². The molecule has 3 aromatic carbocycles. The number of aliphatic hydroxyl groups is 1. The molecule has 0 saturated heterocycles. The number of hydrogen-bond acceptors (Lipinski definition) is 3. The molecule has 2 unspecified atom stereocenters. The van der Waals surface area contributed by atoms with Crippen LogP contribution in [0.4, 0.5) is 0 Å². The summed E-state index contributed by atoms with van der Waals surface area (Å²) in [5, 5.41) is 11.8. The Hall–Kier alpha value is -1.41. The lowest BCUT2D eigenvalue weighted by molar-refractivity contribution is -0.137. The topological polar surface area (TPSA) is 49.8 Å². The van der Waals surface area contributed by atoms with Gasteiger partial charge in [0.1, 0.15) is 0 Å². The summed E-state index contributed by atoms with van der Waals surface area (Å²) in [4.78, 5) is 15.6. The van der Waals surface area contributed by atoms with Gasteiger partial charge >= 0.3 is 0 Å². The number of aliphatic hydroxyl groups excluding tert-OH is 1. The number of ether oxygens (including phenoxy) is 1. The van der Waals surface area contributed by atoms with Crippen LogP contribution in [0.1, 0.15) is 34.0 Å². The SMILES string of the molecule is CC(CO)(CBr)COC1(c2ccc(Cl)cc2)c2ccc(Br)cc2C(=O)N1Cc1ccc(Cl)cc1. The van der Waals surface area contributed by atoms with Gasteiger partial charge in [0.25, 0.3) is 5.91 Å². The van der Waals surface area contributed by atoms with Crippen LogP contribution in [0.15, 0.2) is 71.2 Å². The van der Waals surface area contributed by atoms with Crippen molar-refractivity contribution in [3.05, 3.63) is 104 Å². The highest BCUT2D eigenvalue weighted by atomic mass is 79.9. The van der Waals surface area contributed by atoms with E-state index in [-0.39, 0.29) is 19.1 Å². The third-order valence-electron chi connectivity index (χ3n) is 6.03. The fourth-order valence-electron chi connectivity index (χ4n) is 4.01. The highest BCUT2D eigenvalue weighted by Crippen LogP contribution is 2.48. The maximum absolute atomic E-state index is 13.9. The number of hydrogen-bond donors (Lipinski definition) is 1. The van der Waals surface area contributed by atoms with E-state index in [9.17, 15) is 9.90 Å². The summed E-state index contributed by atoms with van der Waals surface area (Å²) in [7, 11) is 0. The zero-order valence-corrected chi connectivity index (χ0v) is 23.1. The number of fused-ring (bicyclic) bond motifs is 1. The maximum Gasteiger partial charge on any atom is 0.257 e. The van der Waals surface area contributed by atoms with Crippen molar-refractivity contribution in [1.29, 1.82) is 0 Å². The van der Waals surface area contributed by atoms with E-state index in [1.54, 1.807) is 29.2 Å². The molecule has 0 radical (unpaired) electrons. The molecular formula is C26H23Br2Cl2NO3. The van der Waals surface area contributed by atoms with E-state index in [1.807, 2.05) is 49.4 Å². The third kappa shape index (κ3) is 4.81. The molecule has 4 nitrogen and oxygen atoms in total. The van der Waals surface area contributed by atoms with Gasteiger partial charge < -0.3 is 9.84 Å². The number of nitrogens with zero attached hydrogens (tertiary/aromatic N) is 1. The van der Waals surface area contributed by atoms with Crippen LogP contribution in [0.25, 0.3) is 0 Å². The van der Waals surface area contributed by atoms with Crippen LogP contribution in [-0.4, -0.2) is 34.5 Å². The first kappa shape index (κ1) is 25.7. The normalized spacial score (nSPS) is 19.2. The van der Waals surface area contributed by atoms with Gasteiger partial charge in [-0.25, -0.2) is 0 Å². The van der Waals surface area contributed by atoms with E-state index in [1.165, 1.54) is 0 Å². The number of alkyl halides is 1. The summed E-state index contributed by atoms with van der Waals surface area (Å²) < 4.78 is 7.54. The van der Waals surface area contributed by atoms with Crippen LogP contribution >= 0.6 is 55.1 Å². The van der Waals surface area contributed by atoms with Crippen molar-refractivity contribution in [1.82, 2.24) is 4.90 Å². The van der Waals surface area contributed by atoms with Gasteiger partial charge in [-0.05, 0) is 42.0 Å². The molecular weight excluding hydrogens is 605 g/mol. The van der Waals surface area contributed by atoms with Gasteiger partial charge in [0.15, 0.2) is 5.72 Å². The molecule has 0 bridgehead atoms. The quantitative estimate of drug-likeness (QED) is 0.273. The molecule has 0 aliphatic carbocycles. The van der Waals surface area contributed by atoms with Gasteiger partial charge in [-0.2, -0.15) is 0 Å². The first-order chi connectivity index (χ1) is 16.2. The average Bonchev–Trinajstić information content (AvgIpc) is 3.07. The van der Waals surface area contributed by atoms with E-state index >= 15 is 0 Å². The first-order valence-electron chi connectivity index (χ1n) is 10.7. The lowest BCUT2D eigenvalue weighted by Crippen LogP contribution is -2.48. The summed E-state index contributed by atoms with van der Waals surface area (Å²) in [6.07, 6.45) is 0. The van der Waals surface area contributed by atoms with Gasteiger partial charge in [0.2, 0.25) is 0 Å². The minimum Gasteiger partial charge on any atom is -0.396 e. The molecule has 2 atom stereocenters. The molecule has 34 heavy (non-hydrogen) atoms. The smallest absolute Gasteiger partial charge is 0.257 e. The molecule has 4 rings (SSSR count). The summed E-state index contributed by atoms with van der Waals surface area (Å²) in [6, 6.07) is 20.4. The van der Waals surface area contributed by atoms with Crippen LogP contribution in [-0.2, 0) is 17.0 Å². The van der Waals surface area contributed by atoms with E-state index < -0.39 is 11.1 Å². The highest BCUT2D eigenvalue weighted by molar-refractivity contribution is 9.10. The number of carbonyl (C=O) groups excluding carboxylic acids is 1. The zero-order chi connectivity index (χ0) is 24.5. The Morgan fingerprint density at radius 1 is 1.03 bits per heavy atom. The van der Waals surface area contributed by atoms with Crippen LogP contribution in [0.3, 0.4) is 0 Å². The Kier molecular flexibility index (Phi) is 7.77. The zero-order valence-electron chi connectivity index (χ0n) is 18.4. The molecule has 8 heteroatoms. The number of amides is 1. The predicted molar refractivity (Wildman–Crippen MR) is 143 cm³/mol. The Bertz CT molecular complexity index is 1180. The fraction of sp³-hybridized carbons (Fsp3) is 0.269. The summed E-state index contributed by atoms with van der Waals surface area (Å²) >= 11 is 19.3. The number of benzene rings is 3. The Morgan fingerprint density at radius 2 is 1.65 bits per heavy atom. The largest absolute Gasteiger partial charge is 0.396 e. The second kappa shape index (κ2) is 10.3. The second-order valence-electron chi connectivity index (χ2n) is 8.75. The molecule has 0 saturated carbocycles. The van der Waals surface area contributed by atoms with Gasteiger partial charge in [-0.1, -0.05) is 92.3 Å². The number of halogens is 4. The minimum atomic E-state index is -1.21. The monoisotopic (exact) mass is 625 g/mol. The van der Waals surface area contributed by atoms with E-state index in [2.05, 4.69) is 31.9 Å². The van der Waals surface area contributed by atoms with Crippen LogP contribution in [0.5, 0.6) is 0 Å². The lowest BCUT2D eigenvalue weighted by atomic mass is 9.91. The maximum atomic E-state index is 13.9. The summed E-state index contributed by atoms with van der Waals surface area (Å²) in [6.45, 7) is 2.36. The van der Waals surface area contributed by atoms with Crippen molar-refractivity contribution < 1.29 is 14.6 Å². The van der Waals surface area contributed by atoms with E-state index in [4.69, 9.17) is 27.9 Å². The Morgan fingerprint density at radius 3 is 2.24 bits per heavy atom. The molecule has 1 aliphatic heterocycles. The van der Waals surface area contributed by atoms with Gasteiger partial charge in [0.05, 0.1) is 13.2 Å². The third-order valence-corrected chi connectivity index (χ3v) is 8.38. The summed E-state index contributed by atoms with van der Waals surface area (Å²) in [5.41, 5.74) is 1.23. The van der Waals surface area contributed by atoms with Crippen molar-refractivity contribution in [3.63, 3.8) is 0 Å². The van der Waals surface area contributed by atoms with Crippen LogP contribution in [0, 0.1) is 5.41 Å². The number of rotatable bonds is 8. The molecule has 0 spiro atoms. The molecule has 3 aromatic rings. The molecule has 178 valence electrons. The molecule has 1 N–H and O–H groups in total. The molecule has 1 aliphatic rings. The molecule has 1 heterocycles. The number of carbonyl (C=O) groups is 1. The molecule has 1 amide bonds. The van der Waals surface area contributed by atoms with Gasteiger partial charge in [-0.15, -0.1) is 0 Å². The standard InChI is InChI=1S/C26H23Br2Cl2NO3/c1-25(14-27,15-32)16-34-26(18-4-9-21(30)10-5-18)23-11-6-19(28)12-22(23)24(33)31(26)13-17-2-7-20(29)8-3-17/h2-12,32H,13-16H2,1H3. The van der Waals surface area contributed by atoms with E-state index in [0.717, 1.165) is 21.2 Å². The second-order valence-corrected chi connectivity index (χ2v) is 11.1. The Balaban J connectivity index is 1.91. The average molecular weight is 628 g/mol. The van der Waals surface area contributed by atoms with Crippen molar-refractivity contribution in [2.24, 2.45) is 5.41 Å². The Labute approximate surface area is 226 Å². The van der Waals surface area contributed by atoms with Crippen LogP contribution in [0.2, 0.25) is 10.0 Å². The minimum absolute atomic E-state index is 0.0761. The lowest BCUT2D eigenvalue weighted by Gasteiger charge is -2.41. The highest BCUT2D eigenvalue weighted by Gasteiger charge is 2.53. The van der Waals surface area contributed by atoms with Crippen molar-refractivity contribution in [3.8, 4) is 0 Å². The van der Waals surface area contributed by atoms with Gasteiger partial charge in [-0.3, -0.25) is 9.69 Å². The van der Waals surface area contributed by atoms with Crippen molar-refractivity contribution in [2.75, 3.05) is 18.5 Å². The first-order valence-corrected chi connectivity index (χ1v) is 13.3. The predicted octanol–water partition coefficient (Wildman–Crippen LogP) is 7.02. The summed E-state index contributed by atoms with van der Waals surface area (Å²) in [5.74, 6) is -0.147. The van der Waals surface area contributed by atoms with Crippen molar-refractivity contribution in [2.45, 2.75) is 19.2 Å².